The van der Waals surface area contributed by atoms with Gasteiger partial charge in [-0.2, -0.15) is 5.26 Å². The molecule has 3 nitrogen and oxygen atoms in total. The molecule has 1 amide bonds. The van der Waals surface area contributed by atoms with Crippen LogP contribution >= 0.6 is 0 Å². The van der Waals surface area contributed by atoms with Crippen LogP contribution in [-0.4, -0.2) is 17.4 Å². The fourth-order valence-corrected chi connectivity index (χ4v) is 2.17. The smallest absolute Gasteiger partial charge is 0.222 e. The van der Waals surface area contributed by atoms with E-state index in [1.165, 1.54) is 11.1 Å². The zero-order valence-corrected chi connectivity index (χ0v) is 10.0. The summed E-state index contributed by atoms with van der Waals surface area (Å²) in [6.07, 6.45) is 1.21. The highest BCUT2D eigenvalue weighted by molar-refractivity contribution is 5.77. The predicted molar refractivity (Wildman–Crippen MR) is 64.9 cm³/mol. The molecule has 0 saturated carbocycles. The van der Waals surface area contributed by atoms with Gasteiger partial charge in [0.2, 0.25) is 5.91 Å². The van der Waals surface area contributed by atoms with Crippen LogP contribution in [0.5, 0.6) is 0 Å². The van der Waals surface area contributed by atoms with Gasteiger partial charge in [-0.05, 0) is 24.5 Å². The van der Waals surface area contributed by atoms with Crippen LogP contribution in [0.1, 0.15) is 24.0 Å². The summed E-state index contributed by atoms with van der Waals surface area (Å²) in [6, 6.07) is 10.3. The molecule has 2 rings (SSSR count). The lowest BCUT2D eigenvalue weighted by Gasteiger charge is -2.30. The van der Waals surface area contributed by atoms with E-state index in [9.17, 15) is 4.79 Å². The Morgan fingerprint density at radius 3 is 2.94 bits per heavy atom. The van der Waals surface area contributed by atoms with E-state index in [0.29, 0.717) is 25.9 Å². The second-order valence-corrected chi connectivity index (χ2v) is 4.57. The maximum Gasteiger partial charge on any atom is 0.222 e. The number of amides is 1. The van der Waals surface area contributed by atoms with E-state index in [1.54, 1.807) is 4.90 Å². The van der Waals surface area contributed by atoms with E-state index in [0.717, 1.165) is 0 Å². The summed E-state index contributed by atoms with van der Waals surface area (Å²) in [4.78, 5) is 13.6. The number of likely N-dealkylation sites (tertiary alicyclic amines) is 1. The Bertz CT molecular complexity index is 462. The molecule has 0 aromatic heterocycles. The second kappa shape index (κ2) is 5.01. The molecule has 1 atom stereocenters. The number of hydrogen-bond donors (Lipinski definition) is 0. The van der Waals surface area contributed by atoms with Gasteiger partial charge in [0.15, 0.2) is 0 Å². The quantitative estimate of drug-likeness (QED) is 0.779. The minimum Gasteiger partial charge on any atom is -0.337 e. The summed E-state index contributed by atoms with van der Waals surface area (Å²) in [5.41, 5.74) is 2.36. The number of carbonyl (C=O) groups is 1. The summed E-state index contributed by atoms with van der Waals surface area (Å²) < 4.78 is 0. The summed E-state index contributed by atoms with van der Waals surface area (Å²) in [6.45, 7) is 3.25. The highest BCUT2D eigenvalue weighted by Gasteiger charge is 2.25. The molecule has 1 aromatic carbocycles. The number of hydrogen-bond acceptors (Lipinski definition) is 2. The molecule has 88 valence electrons. The minimum atomic E-state index is -0.00304. The van der Waals surface area contributed by atoms with Gasteiger partial charge in [0, 0.05) is 19.5 Å². The predicted octanol–water partition coefficient (Wildman–Crippen LogP) is 2.26. The van der Waals surface area contributed by atoms with Gasteiger partial charge in [-0.1, -0.05) is 24.3 Å². The molecule has 17 heavy (non-hydrogen) atoms. The van der Waals surface area contributed by atoms with E-state index in [1.807, 2.05) is 31.2 Å². The molecule has 1 unspecified atom stereocenters. The fourth-order valence-electron chi connectivity index (χ4n) is 2.17. The van der Waals surface area contributed by atoms with E-state index in [2.05, 4.69) is 6.07 Å². The molecule has 0 N–H and O–H groups in total. The Morgan fingerprint density at radius 1 is 1.47 bits per heavy atom. The number of rotatable bonds is 2. The first kappa shape index (κ1) is 11.7. The van der Waals surface area contributed by atoms with Crippen molar-refractivity contribution in [2.45, 2.75) is 26.3 Å². The van der Waals surface area contributed by atoms with Crippen LogP contribution < -0.4 is 0 Å². The number of aryl methyl sites for hydroxylation is 1. The zero-order valence-electron chi connectivity index (χ0n) is 10.0. The molecule has 1 aromatic rings. The van der Waals surface area contributed by atoms with Crippen molar-refractivity contribution in [3.8, 4) is 6.07 Å². The fraction of sp³-hybridized carbons (Fsp3) is 0.429. The average Bonchev–Trinajstić information content (AvgIpc) is 2.35. The van der Waals surface area contributed by atoms with E-state index in [-0.39, 0.29) is 11.8 Å². The number of piperidine rings is 1. The van der Waals surface area contributed by atoms with Gasteiger partial charge in [-0.3, -0.25) is 4.79 Å². The molecular weight excluding hydrogens is 212 g/mol. The highest BCUT2D eigenvalue weighted by atomic mass is 16.2. The molecule has 1 aliphatic rings. The number of nitriles is 1. The van der Waals surface area contributed by atoms with Gasteiger partial charge in [-0.25, -0.2) is 0 Å². The summed E-state index contributed by atoms with van der Waals surface area (Å²) in [5, 5.41) is 8.93. The van der Waals surface area contributed by atoms with Crippen LogP contribution in [0.15, 0.2) is 24.3 Å². The average molecular weight is 228 g/mol. The van der Waals surface area contributed by atoms with Gasteiger partial charge in [0.1, 0.15) is 0 Å². The third-order valence-electron chi connectivity index (χ3n) is 3.31. The van der Waals surface area contributed by atoms with Gasteiger partial charge < -0.3 is 4.90 Å². The third-order valence-corrected chi connectivity index (χ3v) is 3.31. The molecule has 1 fully saturated rings. The molecule has 0 spiro atoms. The first-order valence-corrected chi connectivity index (χ1v) is 5.92. The lowest BCUT2D eigenvalue weighted by molar-refractivity contribution is -0.134. The molecule has 3 heteroatoms. The lowest BCUT2D eigenvalue weighted by Crippen LogP contribution is -2.39. The van der Waals surface area contributed by atoms with Crippen molar-refractivity contribution in [3.63, 3.8) is 0 Å². The third kappa shape index (κ3) is 2.65. The van der Waals surface area contributed by atoms with Crippen molar-refractivity contribution >= 4 is 5.91 Å². The van der Waals surface area contributed by atoms with Crippen molar-refractivity contribution in [3.05, 3.63) is 35.4 Å². The van der Waals surface area contributed by atoms with Gasteiger partial charge in [0.25, 0.3) is 0 Å². The van der Waals surface area contributed by atoms with Crippen LogP contribution in [0.4, 0.5) is 0 Å². The second-order valence-electron chi connectivity index (χ2n) is 4.57. The molecule has 0 radical (unpaired) electrons. The monoisotopic (exact) mass is 228 g/mol. The number of nitrogens with zero attached hydrogens (tertiary/aromatic N) is 2. The Kier molecular flexibility index (Phi) is 3.43. The number of carbonyl (C=O) groups excluding carboxylic acids is 1. The van der Waals surface area contributed by atoms with Crippen LogP contribution in [0, 0.1) is 24.2 Å². The van der Waals surface area contributed by atoms with E-state index < -0.39 is 0 Å². The lowest BCUT2D eigenvalue weighted by atomic mass is 9.98. The molecule has 1 aliphatic heterocycles. The summed E-state index contributed by atoms with van der Waals surface area (Å²) in [5.74, 6) is 0.163. The maximum atomic E-state index is 11.8. The van der Waals surface area contributed by atoms with Gasteiger partial charge >= 0.3 is 0 Å². The zero-order chi connectivity index (χ0) is 12.3. The Hall–Kier alpha value is -1.82. The van der Waals surface area contributed by atoms with Crippen LogP contribution in [0.3, 0.4) is 0 Å². The highest BCUT2D eigenvalue weighted by Crippen LogP contribution is 2.20. The topological polar surface area (TPSA) is 44.1 Å². The molecule has 0 bridgehead atoms. The minimum absolute atomic E-state index is 0.00304. The van der Waals surface area contributed by atoms with Crippen molar-refractivity contribution in [2.75, 3.05) is 6.54 Å². The summed E-state index contributed by atoms with van der Waals surface area (Å²) >= 11 is 0. The van der Waals surface area contributed by atoms with Crippen molar-refractivity contribution in [2.24, 2.45) is 5.92 Å². The first-order chi connectivity index (χ1) is 8.20. The SMILES string of the molecule is Cc1ccccc1CN1CC(C#N)CCC1=O. The normalized spacial score (nSPS) is 20.1. The standard InChI is InChI=1S/C14H16N2O/c1-11-4-2-3-5-13(11)10-16-9-12(8-15)6-7-14(16)17/h2-5,12H,6-7,9-10H2,1H3. The van der Waals surface area contributed by atoms with Crippen LogP contribution in [0.25, 0.3) is 0 Å². The number of benzene rings is 1. The largest absolute Gasteiger partial charge is 0.337 e. The van der Waals surface area contributed by atoms with Crippen molar-refractivity contribution in [1.82, 2.24) is 4.90 Å². The molecule has 1 heterocycles. The van der Waals surface area contributed by atoms with E-state index in [4.69, 9.17) is 5.26 Å². The van der Waals surface area contributed by atoms with Gasteiger partial charge in [-0.15, -0.1) is 0 Å². The Balaban J connectivity index is 2.10. The summed E-state index contributed by atoms with van der Waals surface area (Å²) in [7, 11) is 0. The van der Waals surface area contributed by atoms with Crippen LogP contribution in [-0.2, 0) is 11.3 Å². The van der Waals surface area contributed by atoms with Crippen molar-refractivity contribution < 1.29 is 4.79 Å². The van der Waals surface area contributed by atoms with Crippen molar-refractivity contribution in [1.29, 1.82) is 5.26 Å². The molecule has 1 saturated heterocycles. The Labute approximate surface area is 102 Å². The van der Waals surface area contributed by atoms with Gasteiger partial charge in [0.05, 0.1) is 12.0 Å². The maximum absolute atomic E-state index is 11.8. The van der Waals surface area contributed by atoms with E-state index >= 15 is 0 Å². The van der Waals surface area contributed by atoms with Crippen LogP contribution in [0.2, 0.25) is 0 Å². The Morgan fingerprint density at radius 2 is 2.24 bits per heavy atom. The molecular formula is C14H16N2O. The molecule has 0 aliphatic carbocycles. The first-order valence-electron chi connectivity index (χ1n) is 5.92.